The summed E-state index contributed by atoms with van der Waals surface area (Å²) in [4.78, 5) is 21.4. The molecule has 5 nitrogen and oxygen atoms in total. The Morgan fingerprint density at radius 2 is 2.23 bits per heavy atom. The number of carbonyl (C=O) groups is 1. The molecule has 1 atom stereocenters. The molecule has 6 heteroatoms. The Balaban J connectivity index is 1.54. The number of hydrogen-bond acceptors (Lipinski definition) is 5. The van der Waals surface area contributed by atoms with Gasteiger partial charge in [0.25, 0.3) is 5.91 Å². The topological polar surface area (TPSA) is 54.5 Å². The van der Waals surface area contributed by atoms with E-state index >= 15 is 0 Å². The van der Waals surface area contributed by atoms with Gasteiger partial charge < -0.3 is 15.0 Å². The first-order valence-electron chi connectivity index (χ1n) is 9.24. The summed E-state index contributed by atoms with van der Waals surface area (Å²) < 4.78 is 6.26. The van der Waals surface area contributed by atoms with Gasteiger partial charge in [0.2, 0.25) is 0 Å². The molecule has 1 N–H and O–H groups in total. The van der Waals surface area contributed by atoms with Crippen molar-refractivity contribution in [2.75, 3.05) is 26.7 Å². The lowest BCUT2D eigenvalue weighted by atomic mass is 9.82. The molecule has 0 saturated carbocycles. The third-order valence-corrected chi connectivity index (χ3v) is 6.75. The van der Waals surface area contributed by atoms with E-state index in [1.807, 2.05) is 19.1 Å². The molecule has 0 aromatic carbocycles. The number of thiophene rings is 1. The first-order chi connectivity index (χ1) is 12.6. The highest BCUT2D eigenvalue weighted by Crippen LogP contribution is 2.44. The summed E-state index contributed by atoms with van der Waals surface area (Å²) in [5.74, 6) is -0.0103. The molecule has 26 heavy (non-hydrogen) atoms. The van der Waals surface area contributed by atoms with Crippen LogP contribution >= 0.6 is 11.3 Å². The molecule has 1 saturated heterocycles. The molecule has 2 aromatic rings. The summed E-state index contributed by atoms with van der Waals surface area (Å²) in [5.41, 5.74) is 2.07. The third-order valence-electron chi connectivity index (χ3n) is 5.56. The van der Waals surface area contributed by atoms with E-state index in [1.54, 1.807) is 23.7 Å². The lowest BCUT2D eigenvalue weighted by molar-refractivity contribution is -0.0942. The number of hydrogen-bond donors (Lipinski definition) is 1. The quantitative estimate of drug-likeness (QED) is 0.901. The van der Waals surface area contributed by atoms with E-state index in [9.17, 15) is 4.79 Å². The second-order valence-electron chi connectivity index (χ2n) is 7.33. The van der Waals surface area contributed by atoms with E-state index in [0.717, 1.165) is 49.4 Å². The van der Waals surface area contributed by atoms with Crippen LogP contribution in [0.25, 0.3) is 0 Å². The van der Waals surface area contributed by atoms with Crippen molar-refractivity contribution in [1.82, 2.24) is 15.2 Å². The average Bonchev–Trinajstić information content (AvgIpc) is 3.11. The predicted molar refractivity (Wildman–Crippen MR) is 103 cm³/mol. The highest BCUT2D eigenvalue weighted by Gasteiger charge is 2.41. The van der Waals surface area contributed by atoms with Gasteiger partial charge in [-0.25, -0.2) is 0 Å². The van der Waals surface area contributed by atoms with Crippen molar-refractivity contribution in [2.24, 2.45) is 0 Å². The Morgan fingerprint density at radius 3 is 2.96 bits per heavy atom. The van der Waals surface area contributed by atoms with Gasteiger partial charge in [0.05, 0.1) is 23.1 Å². The van der Waals surface area contributed by atoms with E-state index in [-0.39, 0.29) is 17.6 Å². The molecule has 4 rings (SSSR count). The van der Waals surface area contributed by atoms with Crippen LogP contribution in [0.5, 0.6) is 0 Å². The third kappa shape index (κ3) is 3.29. The second kappa shape index (κ2) is 7.10. The standard InChI is InChI=1S/C20H25N3O2S/c1-14(15-4-3-8-21-13-15)22-19(24)18-12-16-17(26-18)5-11-25-20(16)6-9-23(2)10-7-20/h3-4,8,12-14H,5-7,9-11H2,1-2H3,(H,22,24). The van der Waals surface area contributed by atoms with E-state index in [0.29, 0.717) is 0 Å². The Bertz CT molecular complexity index is 782. The number of ether oxygens (including phenoxy) is 1. The molecule has 0 radical (unpaired) electrons. The van der Waals surface area contributed by atoms with Crippen LogP contribution in [-0.4, -0.2) is 42.5 Å². The molecule has 1 amide bonds. The maximum Gasteiger partial charge on any atom is 0.261 e. The van der Waals surface area contributed by atoms with Gasteiger partial charge in [0, 0.05) is 36.8 Å². The number of rotatable bonds is 3. The van der Waals surface area contributed by atoms with Gasteiger partial charge in [-0.2, -0.15) is 0 Å². The highest BCUT2D eigenvalue weighted by molar-refractivity contribution is 7.14. The van der Waals surface area contributed by atoms with Crippen LogP contribution in [0.2, 0.25) is 0 Å². The van der Waals surface area contributed by atoms with Crippen LogP contribution in [0, 0.1) is 0 Å². The molecule has 2 aromatic heterocycles. The van der Waals surface area contributed by atoms with E-state index in [2.05, 4.69) is 28.3 Å². The number of aromatic nitrogens is 1. The molecule has 1 fully saturated rings. The van der Waals surface area contributed by atoms with Crippen molar-refractivity contribution in [1.29, 1.82) is 0 Å². The number of piperidine rings is 1. The summed E-state index contributed by atoms with van der Waals surface area (Å²) in [7, 11) is 2.16. The molecule has 0 bridgehead atoms. The summed E-state index contributed by atoms with van der Waals surface area (Å²) in [6, 6.07) is 5.89. The minimum Gasteiger partial charge on any atom is -0.370 e. The molecular weight excluding hydrogens is 346 g/mol. The van der Waals surface area contributed by atoms with Gasteiger partial charge in [-0.3, -0.25) is 9.78 Å². The predicted octanol–water partition coefficient (Wildman–Crippen LogP) is 3.13. The number of pyridine rings is 1. The Morgan fingerprint density at radius 1 is 1.42 bits per heavy atom. The fourth-order valence-corrected chi connectivity index (χ4v) is 5.04. The Kier molecular flexibility index (Phi) is 4.82. The van der Waals surface area contributed by atoms with Crippen LogP contribution in [0.4, 0.5) is 0 Å². The molecule has 2 aliphatic rings. The smallest absolute Gasteiger partial charge is 0.261 e. The number of fused-ring (bicyclic) bond motifs is 2. The van der Waals surface area contributed by atoms with Crippen molar-refractivity contribution in [3.63, 3.8) is 0 Å². The minimum atomic E-state index is -0.190. The Labute approximate surface area is 158 Å². The van der Waals surface area contributed by atoms with E-state index in [1.165, 1.54) is 10.4 Å². The van der Waals surface area contributed by atoms with Crippen LogP contribution in [0.1, 0.15) is 51.5 Å². The number of nitrogens with zero attached hydrogens (tertiary/aromatic N) is 2. The first kappa shape index (κ1) is 17.6. The van der Waals surface area contributed by atoms with Gasteiger partial charge in [0.15, 0.2) is 0 Å². The van der Waals surface area contributed by atoms with Crippen LogP contribution in [-0.2, 0) is 16.8 Å². The SMILES string of the molecule is CC(NC(=O)c1cc2c(s1)CCOC21CCN(C)CC1)c1cccnc1. The summed E-state index contributed by atoms with van der Waals surface area (Å²) in [6.45, 7) is 4.82. The Hall–Kier alpha value is -1.76. The summed E-state index contributed by atoms with van der Waals surface area (Å²) in [6.07, 6.45) is 6.45. The zero-order chi connectivity index (χ0) is 18.1. The van der Waals surface area contributed by atoms with E-state index < -0.39 is 0 Å². The van der Waals surface area contributed by atoms with Gasteiger partial charge >= 0.3 is 0 Å². The lowest BCUT2D eigenvalue weighted by Gasteiger charge is -2.43. The monoisotopic (exact) mass is 371 g/mol. The van der Waals surface area contributed by atoms with Crippen molar-refractivity contribution in [2.45, 2.75) is 37.8 Å². The van der Waals surface area contributed by atoms with Gasteiger partial charge in [-0.15, -0.1) is 11.3 Å². The minimum absolute atomic E-state index is 0.0103. The molecule has 2 aliphatic heterocycles. The number of likely N-dealkylation sites (tertiary alicyclic amines) is 1. The van der Waals surface area contributed by atoms with Crippen molar-refractivity contribution >= 4 is 17.2 Å². The summed E-state index contributed by atoms with van der Waals surface area (Å²) in [5, 5.41) is 3.10. The lowest BCUT2D eigenvalue weighted by Crippen LogP contribution is -2.44. The molecule has 1 spiro atoms. The zero-order valence-electron chi connectivity index (χ0n) is 15.3. The maximum atomic E-state index is 12.8. The molecule has 138 valence electrons. The first-order valence-corrected chi connectivity index (χ1v) is 10.1. The van der Waals surface area contributed by atoms with Crippen LogP contribution in [0.3, 0.4) is 0 Å². The van der Waals surface area contributed by atoms with Crippen LogP contribution < -0.4 is 5.32 Å². The molecular formula is C20H25N3O2S. The fourth-order valence-electron chi connectivity index (χ4n) is 3.91. The molecule has 4 heterocycles. The normalized spacial score (nSPS) is 20.5. The highest BCUT2D eigenvalue weighted by atomic mass is 32.1. The summed E-state index contributed by atoms with van der Waals surface area (Å²) >= 11 is 1.63. The number of carbonyl (C=O) groups excluding carboxylic acids is 1. The molecule has 1 unspecified atom stereocenters. The van der Waals surface area contributed by atoms with Crippen LogP contribution in [0.15, 0.2) is 30.6 Å². The van der Waals surface area contributed by atoms with E-state index in [4.69, 9.17) is 4.74 Å². The van der Waals surface area contributed by atoms with Gasteiger partial charge in [0.1, 0.15) is 0 Å². The van der Waals surface area contributed by atoms with Gasteiger partial charge in [-0.05, 0) is 50.1 Å². The zero-order valence-corrected chi connectivity index (χ0v) is 16.1. The van der Waals surface area contributed by atoms with Crippen molar-refractivity contribution < 1.29 is 9.53 Å². The van der Waals surface area contributed by atoms with Crippen molar-refractivity contribution in [3.05, 3.63) is 51.5 Å². The molecule has 0 aliphatic carbocycles. The maximum absolute atomic E-state index is 12.8. The number of amides is 1. The van der Waals surface area contributed by atoms with Gasteiger partial charge in [-0.1, -0.05) is 6.07 Å². The fraction of sp³-hybridized carbons (Fsp3) is 0.500. The second-order valence-corrected chi connectivity index (χ2v) is 8.46. The number of nitrogens with one attached hydrogen (secondary N) is 1. The van der Waals surface area contributed by atoms with Crippen molar-refractivity contribution in [3.8, 4) is 0 Å². The largest absolute Gasteiger partial charge is 0.370 e. The average molecular weight is 372 g/mol.